The molecule has 0 bridgehead atoms. The minimum Gasteiger partial charge on any atom is -0.379 e. The summed E-state index contributed by atoms with van der Waals surface area (Å²) in [6.45, 7) is 6.24. The molecule has 2 aliphatic rings. The summed E-state index contributed by atoms with van der Waals surface area (Å²) in [7, 11) is 0. The van der Waals surface area contributed by atoms with Crippen LogP contribution in [0.5, 0.6) is 0 Å². The molecule has 0 spiro atoms. The molecule has 1 aromatic rings. The van der Waals surface area contributed by atoms with Gasteiger partial charge in [0, 0.05) is 24.4 Å². The van der Waals surface area contributed by atoms with Gasteiger partial charge in [-0.15, -0.1) is 0 Å². The van der Waals surface area contributed by atoms with Crippen LogP contribution in [0.1, 0.15) is 37.8 Å². The van der Waals surface area contributed by atoms with E-state index in [1.54, 1.807) is 0 Å². The normalized spacial score (nSPS) is 30.9. The van der Waals surface area contributed by atoms with Gasteiger partial charge in [0.15, 0.2) is 0 Å². The van der Waals surface area contributed by atoms with Crippen LogP contribution in [0.3, 0.4) is 0 Å². The van der Waals surface area contributed by atoms with Crippen molar-refractivity contribution in [1.29, 1.82) is 0 Å². The average Bonchev–Trinajstić information content (AvgIpc) is 2.99. The molecule has 17 heavy (non-hydrogen) atoms. The highest BCUT2D eigenvalue weighted by Crippen LogP contribution is 2.33. The zero-order valence-corrected chi connectivity index (χ0v) is 10.5. The van der Waals surface area contributed by atoms with Crippen molar-refractivity contribution in [3.8, 4) is 0 Å². The van der Waals surface area contributed by atoms with Gasteiger partial charge in [-0.05, 0) is 39.3 Å². The van der Waals surface area contributed by atoms with Gasteiger partial charge in [-0.1, -0.05) is 0 Å². The highest BCUT2D eigenvalue weighted by molar-refractivity contribution is 5.11. The van der Waals surface area contributed by atoms with Crippen molar-refractivity contribution in [3.63, 3.8) is 0 Å². The van der Waals surface area contributed by atoms with E-state index in [4.69, 9.17) is 4.74 Å². The van der Waals surface area contributed by atoms with Gasteiger partial charge >= 0.3 is 0 Å². The summed E-state index contributed by atoms with van der Waals surface area (Å²) < 4.78 is 7.94. The average molecular weight is 235 g/mol. The molecule has 2 fully saturated rings. The molecule has 1 unspecified atom stereocenters. The molecule has 3 heterocycles. The van der Waals surface area contributed by atoms with Crippen molar-refractivity contribution >= 4 is 0 Å². The lowest BCUT2D eigenvalue weighted by atomic mass is 9.92. The van der Waals surface area contributed by atoms with E-state index in [0.717, 1.165) is 32.7 Å². The van der Waals surface area contributed by atoms with Gasteiger partial charge in [0.05, 0.1) is 18.5 Å². The fourth-order valence-electron chi connectivity index (χ4n) is 3.02. The Hall–Kier alpha value is -0.870. The number of nitrogens with zero attached hydrogens (tertiary/aromatic N) is 2. The third-order valence-corrected chi connectivity index (χ3v) is 4.20. The van der Waals surface area contributed by atoms with E-state index in [-0.39, 0.29) is 5.54 Å². The molecule has 0 aliphatic carbocycles. The Balaban J connectivity index is 1.87. The molecule has 1 aromatic heterocycles. The second kappa shape index (κ2) is 4.42. The highest BCUT2D eigenvalue weighted by Gasteiger charge is 2.34. The fraction of sp³-hybridized carbons (Fsp3) is 0.769. The lowest BCUT2D eigenvalue weighted by Gasteiger charge is -2.31. The molecule has 4 heteroatoms. The van der Waals surface area contributed by atoms with Crippen molar-refractivity contribution in [2.24, 2.45) is 0 Å². The third kappa shape index (κ3) is 2.00. The summed E-state index contributed by atoms with van der Waals surface area (Å²) in [6, 6.07) is 0. The van der Waals surface area contributed by atoms with E-state index < -0.39 is 0 Å². The van der Waals surface area contributed by atoms with Gasteiger partial charge in [-0.3, -0.25) is 0 Å². The first-order valence-corrected chi connectivity index (χ1v) is 6.61. The molecule has 1 atom stereocenters. The van der Waals surface area contributed by atoms with E-state index in [1.807, 2.05) is 6.33 Å². The number of hydrogen-bond donors (Lipinski definition) is 1. The number of nitrogens with one attached hydrogen (secondary N) is 1. The largest absolute Gasteiger partial charge is 0.379 e. The van der Waals surface area contributed by atoms with Crippen molar-refractivity contribution in [1.82, 2.24) is 14.9 Å². The van der Waals surface area contributed by atoms with E-state index in [2.05, 4.69) is 28.0 Å². The van der Waals surface area contributed by atoms with Gasteiger partial charge in [0.1, 0.15) is 0 Å². The van der Waals surface area contributed by atoms with Crippen LogP contribution in [0, 0.1) is 0 Å². The molecule has 0 aromatic carbocycles. The van der Waals surface area contributed by atoms with Crippen molar-refractivity contribution in [2.45, 2.75) is 37.6 Å². The minimum absolute atomic E-state index is 0.122. The zero-order chi connectivity index (χ0) is 11.7. The maximum atomic E-state index is 5.57. The lowest BCUT2D eigenvalue weighted by Crippen LogP contribution is -2.34. The SMILES string of the molecule is CC1(n2cncc2C2CCNCC2)CCOC1. The second-order valence-electron chi connectivity index (χ2n) is 5.51. The number of aromatic nitrogens is 2. The molecular weight excluding hydrogens is 214 g/mol. The van der Waals surface area contributed by atoms with Gasteiger partial charge in [0.2, 0.25) is 0 Å². The van der Waals surface area contributed by atoms with Crippen LogP contribution < -0.4 is 5.32 Å². The lowest BCUT2D eigenvalue weighted by molar-refractivity contribution is 0.159. The van der Waals surface area contributed by atoms with Crippen LogP contribution in [0.15, 0.2) is 12.5 Å². The highest BCUT2D eigenvalue weighted by atomic mass is 16.5. The maximum absolute atomic E-state index is 5.57. The first kappa shape index (κ1) is 11.2. The monoisotopic (exact) mass is 235 g/mol. The minimum atomic E-state index is 0.122. The molecule has 0 amide bonds. The third-order valence-electron chi connectivity index (χ3n) is 4.20. The van der Waals surface area contributed by atoms with Crippen LogP contribution >= 0.6 is 0 Å². The van der Waals surface area contributed by atoms with Crippen molar-refractivity contribution < 1.29 is 4.74 Å². The van der Waals surface area contributed by atoms with Crippen LogP contribution in [-0.2, 0) is 10.3 Å². The fourth-order valence-corrected chi connectivity index (χ4v) is 3.02. The summed E-state index contributed by atoms with van der Waals surface area (Å²) in [5.41, 5.74) is 1.52. The molecule has 4 nitrogen and oxygen atoms in total. The summed E-state index contributed by atoms with van der Waals surface area (Å²) in [5.74, 6) is 0.663. The van der Waals surface area contributed by atoms with Gasteiger partial charge in [-0.2, -0.15) is 0 Å². The van der Waals surface area contributed by atoms with Crippen LogP contribution in [0.2, 0.25) is 0 Å². The van der Waals surface area contributed by atoms with Crippen LogP contribution in [0.25, 0.3) is 0 Å². The number of piperidine rings is 1. The predicted octanol–water partition coefficient (Wildman–Crippen LogP) is 1.49. The maximum Gasteiger partial charge on any atom is 0.0954 e. The Morgan fingerprint density at radius 1 is 1.47 bits per heavy atom. The summed E-state index contributed by atoms with van der Waals surface area (Å²) >= 11 is 0. The van der Waals surface area contributed by atoms with E-state index in [9.17, 15) is 0 Å². The Kier molecular flexibility index (Phi) is 2.92. The Morgan fingerprint density at radius 2 is 2.29 bits per heavy atom. The molecule has 1 N–H and O–H groups in total. The van der Waals surface area contributed by atoms with E-state index >= 15 is 0 Å². The van der Waals surface area contributed by atoms with Crippen molar-refractivity contribution in [2.75, 3.05) is 26.3 Å². The number of hydrogen-bond acceptors (Lipinski definition) is 3. The quantitative estimate of drug-likeness (QED) is 0.844. The molecule has 0 saturated carbocycles. The summed E-state index contributed by atoms with van der Waals surface area (Å²) in [6.07, 6.45) is 7.60. The Morgan fingerprint density at radius 3 is 3.00 bits per heavy atom. The zero-order valence-electron chi connectivity index (χ0n) is 10.5. The first-order chi connectivity index (χ1) is 8.30. The topological polar surface area (TPSA) is 39.1 Å². The molecule has 2 saturated heterocycles. The van der Waals surface area contributed by atoms with Crippen LogP contribution in [0.4, 0.5) is 0 Å². The van der Waals surface area contributed by atoms with E-state index in [0.29, 0.717) is 5.92 Å². The number of ether oxygens (including phenoxy) is 1. The molecule has 3 rings (SSSR count). The standard InChI is InChI=1S/C13H21N3O/c1-13(4-7-17-9-13)16-10-15-8-12(16)11-2-5-14-6-3-11/h8,10-11,14H,2-7,9H2,1H3. The predicted molar refractivity (Wildman–Crippen MR) is 66.2 cm³/mol. The summed E-state index contributed by atoms with van der Waals surface area (Å²) in [5, 5.41) is 3.42. The van der Waals surface area contributed by atoms with Gasteiger partial charge in [0.25, 0.3) is 0 Å². The Bertz CT molecular complexity index is 376. The molecule has 94 valence electrons. The molecular formula is C13H21N3O. The number of rotatable bonds is 2. The molecule has 2 aliphatic heterocycles. The first-order valence-electron chi connectivity index (χ1n) is 6.61. The van der Waals surface area contributed by atoms with Gasteiger partial charge in [-0.25, -0.2) is 4.98 Å². The van der Waals surface area contributed by atoms with Gasteiger partial charge < -0.3 is 14.6 Å². The van der Waals surface area contributed by atoms with Crippen LogP contribution in [-0.4, -0.2) is 35.9 Å². The van der Waals surface area contributed by atoms with Crippen molar-refractivity contribution in [3.05, 3.63) is 18.2 Å². The Labute approximate surface area is 102 Å². The second-order valence-corrected chi connectivity index (χ2v) is 5.51. The number of imidazole rings is 1. The summed E-state index contributed by atoms with van der Waals surface area (Å²) in [4.78, 5) is 4.37. The smallest absolute Gasteiger partial charge is 0.0954 e. The molecule has 0 radical (unpaired) electrons. The van der Waals surface area contributed by atoms with E-state index in [1.165, 1.54) is 18.5 Å².